The van der Waals surface area contributed by atoms with Crippen LogP contribution in [-0.2, 0) is 14.4 Å². The van der Waals surface area contributed by atoms with Gasteiger partial charge in [-0.3, -0.25) is 14.4 Å². The Balaban J connectivity index is 1.45. The highest BCUT2D eigenvalue weighted by Crippen LogP contribution is 2.54. The number of rotatable bonds is 4. The van der Waals surface area contributed by atoms with Crippen LogP contribution in [0.2, 0.25) is 0 Å². The number of hydrogen-bond donors (Lipinski definition) is 2. The van der Waals surface area contributed by atoms with Gasteiger partial charge < -0.3 is 10.4 Å². The van der Waals surface area contributed by atoms with Gasteiger partial charge in [0, 0.05) is 24.3 Å². The van der Waals surface area contributed by atoms with Gasteiger partial charge >= 0.3 is 5.97 Å². The van der Waals surface area contributed by atoms with E-state index in [2.05, 4.69) is 5.32 Å². The summed E-state index contributed by atoms with van der Waals surface area (Å²) in [5, 5.41) is 12.0. The number of amides is 1. The number of aliphatic carboxylic acids is 1. The van der Waals surface area contributed by atoms with E-state index in [0.717, 1.165) is 12.8 Å². The SMILES string of the molecule is CC1CC(C(=O)N[C@@H]2C[C@@H]2[C@@H]2C[C@@H]2C(=O)O)CCC1=O. The Hall–Kier alpha value is -1.39. The van der Waals surface area contributed by atoms with E-state index in [9.17, 15) is 14.4 Å². The van der Waals surface area contributed by atoms with Gasteiger partial charge in [0.2, 0.25) is 5.91 Å². The highest BCUT2D eigenvalue weighted by atomic mass is 16.4. The van der Waals surface area contributed by atoms with Gasteiger partial charge in [0.25, 0.3) is 0 Å². The minimum atomic E-state index is -0.702. The van der Waals surface area contributed by atoms with Gasteiger partial charge in [-0.25, -0.2) is 0 Å². The van der Waals surface area contributed by atoms with Gasteiger partial charge in [0.05, 0.1) is 5.92 Å². The molecule has 0 aromatic carbocycles. The predicted molar refractivity (Wildman–Crippen MR) is 70.8 cm³/mol. The molecule has 20 heavy (non-hydrogen) atoms. The molecule has 3 saturated carbocycles. The summed E-state index contributed by atoms with van der Waals surface area (Å²) in [6.07, 6.45) is 3.51. The molecule has 1 amide bonds. The molecule has 0 spiro atoms. The van der Waals surface area contributed by atoms with E-state index in [-0.39, 0.29) is 41.4 Å². The molecule has 5 heteroatoms. The number of Topliss-reactive ketones (excluding diaryl/α,β-unsaturated/α-hetero) is 1. The zero-order valence-electron chi connectivity index (χ0n) is 11.7. The van der Waals surface area contributed by atoms with Gasteiger partial charge in [-0.1, -0.05) is 6.92 Å². The predicted octanol–water partition coefficient (Wildman–Crippen LogP) is 1.22. The fraction of sp³-hybridized carbons (Fsp3) is 0.800. The number of hydrogen-bond acceptors (Lipinski definition) is 3. The first-order valence-corrected chi connectivity index (χ1v) is 7.53. The lowest BCUT2D eigenvalue weighted by atomic mass is 9.81. The van der Waals surface area contributed by atoms with Crippen LogP contribution in [0.15, 0.2) is 0 Å². The topological polar surface area (TPSA) is 83.5 Å². The van der Waals surface area contributed by atoms with Gasteiger partial charge in [-0.2, -0.15) is 0 Å². The molecule has 110 valence electrons. The molecule has 0 saturated heterocycles. The minimum Gasteiger partial charge on any atom is -0.481 e. The van der Waals surface area contributed by atoms with Gasteiger partial charge in [0.1, 0.15) is 5.78 Å². The van der Waals surface area contributed by atoms with Crippen molar-refractivity contribution in [3.63, 3.8) is 0 Å². The van der Waals surface area contributed by atoms with Crippen molar-refractivity contribution in [2.24, 2.45) is 29.6 Å². The fourth-order valence-corrected chi connectivity index (χ4v) is 3.60. The zero-order valence-corrected chi connectivity index (χ0v) is 11.7. The molecule has 6 atom stereocenters. The summed E-state index contributed by atoms with van der Waals surface area (Å²) in [5.41, 5.74) is 0. The number of ketones is 1. The summed E-state index contributed by atoms with van der Waals surface area (Å²) in [7, 11) is 0. The van der Waals surface area contributed by atoms with E-state index in [1.165, 1.54) is 0 Å². The summed E-state index contributed by atoms with van der Waals surface area (Å²) < 4.78 is 0. The maximum Gasteiger partial charge on any atom is 0.306 e. The Kier molecular flexibility index (Phi) is 3.30. The third-order valence-electron chi connectivity index (χ3n) is 5.17. The third kappa shape index (κ3) is 2.58. The van der Waals surface area contributed by atoms with Crippen LogP contribution in [0.5, 0.6) is 0 Å². The lowest BCUT2D eigenvalue weighted by molar-refractivity contribution is -0.139. The molecule has 0 radical (unpaired) electrons. The lowest BCUT2D eigenvalue weighted by Gasteiger charge is -2.24. The number of carboxylic acid groups (broad SMARTS) is 1. The second kappa shape index (κ2) is 4.86. The van der Waals surface area contributed by atoms with Crippen LogP contribution in [0.4, 0.5) is 0 Å². The molecule has 5 nitrogen and oxygen atoms in total. The summed E-state index contributed by atoms with van der Waals surface area (Å²) in [5.74, 6) is 0.0194. The molecule has 0 aromatic heterocycles. The Morgan fingerprint density at radius 1 is 1.20 bits per heavy atom. The molecule has 2 N–H and O–H groups in total. The van der Waals surface area contributed by atoms with Crippen molar-refractivity contribution in [2.45, 2.75) is 45.1 Å². The number of nitrogens with one attached hydrogen (secondary N) is 1. The van der Waals surface area contributed by atoms with E-state index >= 15 is 0 Å². The molecule has 0 aliphatic heterocycles. The summed E-state index contributed by atoms with van der Waals surface area (Å²) >= 11 is 0. The highest BCUT2D eigenvalue weighted by molar-refractivity contribution is 5.86. The van der Waals surface area contributed by atoms with Gasteiger partial charge in [-0.15, -0.1) is 0 Å². The molecule has 3 fully saturated rings. The van der Waals surface area contributed by atoms with Crippen LogP contribution >= 0.6 is 0 Å². The zero-order chi connectivity index (χ0) is 14.4. The molecule has 3 aliphatic carbocycles. The van der Waals surface area contributed by atoms with Crippen molar-refractivity contribution < 1.29 is 19.5 Å². The molecule has 3 rings (SSSR count). The third-order valence-corrected chi connectivity index (χ3v) is 5.17. The Labute approximate surface area is 118 Å². The van der Waals surface area contributed by atoms with Crippen LogP contribution in [-0.4, -0.2) is 28.8 Å². The normalized spacial score (nSPS) is 43.0. The molecule has 0 heterocycles. The second-order valence-corrected chi connectivity index (χ2v) is 6.70. The van der Waals surface area contributed by atoms with E-state index in [0.29, 0.717) is 25.2 Å². The van der Waals surface area contributed by atoms with Crippen molar-refractivity contribution in [1.82, 2.24) is 5.32 Å². The first-order valence-electron chi connectivity index (χ1n) is 7.53. The van der Waals surface area contributed by atoms with Crippen LogP contribution < -0.4 is 5.32 Å². The molecule has 2 unspecified atom stereocenters. The second-order valence-electron chi connectivity index (χ2n) is 6.70. The Morgan fingerprint density at radius 3 is 2.55 bits per heavy atom. The molecule has 3 aliphatic rings. The number of carbonyl (C=O) groups is 3. The maximum atomic E-state index is 12.2. The highest BCUT2D eigenvalue weighted by Gasteiger charge is 2.57. The quantitative estimate of drug-likeness (QED) is 0.810. The molecule has 0 bridgehead atoms. The molecular weight excluding hydrogens is 258 g/mol. The molecule has 0 aromatic rings. The minimum absolute atomic E-state index is 0.00526. The largest absolute Gasteiger partial charge is 0.481 e. The van der Waals surface area contributed by atoms with Crippen molar-refractivity contribution in [1.29, 1.82) is 0 Å². The fourth-order valence-electron chi connectivity index (χ4n) is 3.60. The molecular formula is C15H21NO4. The van der Waals surface area contributed by atoms with Gasteiger partial charge in [-0.05, 0) is 37.5 Å². The number of carboxylic acids is 1. The van der Waals surface area contributed by atoms with E-state index in [4.69, 9.17) is 5.11 Å². The maximum absolute atomic E-state index is 12.2. The summed E-state index contributed by atoms with van der Waals surface area (Å²) in [4.78, 5) is 34.5. The van der Waals surface area contributed by atoms with Crippen LogP contribution in [0.1, 0.15) is 39.0 Å². The Morgan fingerprint density at radius 2 is 1.95 bits per heavy atom. The van der Waals surface area contributed by atoms with Crippen LogP contribution in [0.25, 0.3) is 0 Å². The van der Waals surface area contributed by atoms with Crippen molar-refractivity contribution in [3.05, 3.63) is 0 Å². The number of carbonyl (C=O) groups excluding carboxylic acids is 2. The van der Waals surface area contributed by atoms with E-state index < -0.39 is 5.97 Å². The Bertz CT molecular complexity index is 461. The standard InChI is InChI=1S/C15H21NO4/c1-7-4-8(2-3-13(7)17)14(18)16-12-6-10(12)9-5-11(9)15(19)20/h7-12H,2-6H2,1H3,(H,16,18)(H,19,20)/t7?,8?,9-,10+,11-,12+/m0/s1. The monoisotopic (exact) mass is 279 g/mol. The van der Waals surface area contributed by atoms with E-state index in [1.54, 1.807) is 0 Å². The average molecular weight is 279 g/mol. The van der Waals surface area contributed by atoms with Crippen molar-refractivity contribution >= 4 is 17.7 Å². The van der Waals surface area contributed by atoms with Crippen molar-refractivity contribution in [2.75, 3.05) is 0 Å². The van der Waals surface area contributed by atoms with Crippen molar-refractivity contribution in [3.8, 4) is 0 Å². The summed E-state index contributed by atoms with van der Waals surface area (Å²) in [6, 6.07) is 0.171. The first-order chi connectivity index (χ1) is 9.47. The van der Waals surface area contributed by atoms with E-state index in [1.807, 2.05) is 6.92 Å². The van der Waals surface area contributed by atoms with Crippen LogP contribution in [0.3, 0.4) is 0 Å². The smallest absolute Gasteiger partial charge is 0.306 e. The average Bonchev–Trinajstić information content (AvgIpc) is 3.24. The lowest BCUT2D eigenvalue weighted by Crippen LogP contribution is -2.37. The summed E-state index contributed by atoms with van der Waals surface area (Å²) in [6.45, 7) is 1.89. The van der Waals surface area contributed by atoms with Gasteiger partial charge in [0.15, 0.2) is 0 Å². The van der Waals surface area contributed by atoms with Crippen LogP contribution in [0, 0.1) is 29.6 Å². The first kappa shape index (κ1) is 13.6.